The summed E-state index contributed by atoms with van der Waals surface area (Å²) >= 11 is 0. The topological polar surface area (TPSA) is 95.5 Å². The van der Waals surface area contributed by atoms with Gasteiger partial charge >= 0.3 is 0 Å². The van der Waals surface area contributed by atoms with E-state index in [1.807, 2.05) is 31.2 Å². The van der Waals surface area contributed by atoms with Crippen LogP contribution in [-0.4, -0.2) is 34.6 Å². The summed E-state index contributed by atoms with van der Waals surface area (Å²) in [6.45, 7) is 2.25. The monoisotopic (exact) mass is 398 g/mol. The summed E-state index contributed by atoms with van der Waals surface area (Å²) in [6.07, 6.45) is 4.11. The van der Waals surface area contributed by atoms with Crippen LogP contribution in [0.5, 0.6) is 11.5 Å². The largest absolute Gasteiger partial charge is 0.495 e. The lowest BCUT2D eigenvalue weighted by molar-refractivity contribution is 0.0217. The molecule has 2 aromatic heterocycles. The third-order valence-electron chi connectivity index (χ3n) is 3.84. The zero-order chi connectivity index (χ0) is 20.6. The fraction of sp³-hybridized carbons (Fsp3) is 0.200. The minimum absolute atomic E-state index is 0.0561. The van der Waals surface area contributed by atoms with Crippen LogP contribution in [0.4, 0.5) is 4.39 Å². The third-order valence-corrected chi connectivity index (χ3v) is 3.84. The maximum absolute atomic E-state index is 13.7. The first-order valence-corrected chi connectivity index (χ1v) is 8.76. The molecule has 2 heterocycles. The molecule has 0 aliphatic rings. The molecule has 150 valence electrons. The van der Waals surface area contributed by atoms with Crippen molar-refractivity contribution < 1.29 is 23.5 Å². The van der Waals surface area contributed by atoms with E-state index in [0.717, 1.165) is 11.3 Å². The quantitative estimate of drug-likeness (QED) is 0.460. The van der Waals surface area contributed by atoms with Gasteiger partial charge in [0.05, 0.1) is 38.0 Å². The van der Waals surface area contributed by atoms with Crippen LogP contribution in [0.1, 0.15) is 23.0 Å². The molecule has 0 saturated heterocycles. The lowest BCUT2D eigenvalue weighted by Gasteiger charge is -2.08. The molecule has 0 spiro atoms. The Balaban J connectivity index is 1.63. The van der Waals surface area contributed by atoms with Gasteiger partial charge in [-0.2, -0.15) is 4.39 Å². The number of benzene rings is 1. The minimum atomic E-state index is -0.711. The number of nitrogens with zero attached hydrogens (tertiary/aromatic N) is 3. The number of aromatic nitrogens is 3. The highest BCUT2D eigenvalue weighted by Gasteiger charge is 2.12. The molecule has 0 bridgehead atoms. The van der Waals surface area contributed by atoms with Crippen molar-refractivity contribution in [1.29, 1.82) is 0 Å². The molecule has 3 rings (SSSR count). The zero-order valence-electron chi connectivity index (χ0n) is 15.9. The lowest BCUT2D eigenvalue weighted by atomic mass is 10.1. The van der Waals surface area contributed by atoms with Gasteiger partial charge in [0.15, 0.2) is 0 Å². The number of hydrogen-bond acceptors (Lipinski definition) is 7. The van der Waals surface area contributed by atoms with Crippen LogP contribution in [0.25, 0.3) is 11.3 Å². The number of hydroxylamine groups is 1. The van der Waals surface area contributed by atoms with Gasteiger partial charge in [-0.3, -0.25) is 14.6 Å². The highest BCUT2D eigenvalue weighted by Crippen LogP contribution is 2.20. The van der Waals surface area contributed by atoms with Gasteiger partial charge in [0.1, 0.15) is 23.8 Å². The predicted molar refractivity (Wildman–Crippen MR) is 102 cm³/mol. The number of methoxy groups -OCH3 is 1. The smallest absolute Gasteiger partial charge is 0.295 e. The molecule has 0 radical (unpaired) electrons. The molecule has 1 amide bonds. The summed E-state index contributed by atoms with van der Waals surface area (Å²) in [7, 11) is 1.44. The molecule has 0 aliphatic carbocycles. The van der Waals surface area contributed by atoms with Crippen molar-refractivity contribution >= 4 is 5.91 Å². The fourth-order valence-electron chi connectivity index (χ4n) is 2.42. The molecular weight excluding hydrogens is 379 g/mol. The average molecular weight is 398 g/mol. The van der Waals surface area contributed by atoms with Gasteiger partial charge < -0.3 is 9.47 Å². The molecule has 9 heteroatoms. The lowest BCUT2D eigenvalue weighted by Crippen LogP contribution is -2.25. The number of halogens is 1. The summed E-state index contributed by atoms with van der Waals surface area (Å²) in [6, 6.07) is 8.71. The van der Waals surface area contributed by atoms with E-state index in [1.54, 1.807) is 6.20 Å². The van der Waals surface area contributed by atoms with E-state index >= 15 is 0 Å². The molecule has 1 N–H and O–H groups in total. The van der Waals surface area contributed by atoms with Crippen molar-refractivity contribution in [1.82, 2.24) is 20.4 Å². The number of amides is 1. The zero-order valence-corrected chi connectivity index (χ0v) is 15.9. The van der Waals surface area contributed by atoms with Crippen molar-refractivity contribution in [2.24, 2.45) is 0 Å². The van der Waals surface area contributed by atoms with E-state index in [9.17, 15) is 9.18 Å². The summed E-state index contributed by atoms with van der Waals surface area (Å²) in [5.41, 5.74) is 3.71. The van der Waals surface area contributed by atoms with E-state index in [2.05, 4.69) is 20.4 Å². The third kappa shape index (κ3) is 5.23. The summed E-state index contributed by atoms with van der Waals surface area (Å²) in [5.74, 6) is -0.199. The first kappa shape index (κ1) is 20.2. The Morgan fingerprint density at radius 1 is 1.14 bits per heavy atom. The number of nitrogens with one attached hydrogen (secondary N) is 1. The average Bonchev–Trinajstić information content (AvgIpc) is 2.76. The predicted octanol–water partition coefficient (Wildman–Crippen LogP) is 2.95. The summed E-state index contributed by atoms with van der Waals surface area (Å²) in [5, 5.41) is 0. The molecule has 8 nitrogen and oxygen atoms in total. The Hall–Kier alpha value is -3.59. The second-order valence-corrected chi connectivity index (χ2v) is 5.79. The second-order valence-electron chi connectivity index (χ2n) is 5.79. The standard InChI is InChI=1S/C20H19FN4O4/c1-3-28-15-6-4-13(5-7-15)17-10-22-11-18(24-17)20(26)25-29-12-14-8-16(27-2)9-23-19(14)21/h4-11H,3,12H2,1-2H3,(H,25,26). The minimum Gasteiger partial charge on any atom is -0.495 e. The molecule has 0 atom stereocenters. The molecule has 0 unspecified atom stereocenters. The maximum atomic E-state index is 13.7. The molecule has 3 aromatic rings. The maximum Gasteiger partial charge on any atom is 0.295 e. The second kappa shape index (κ2) is 9.56. The van der Waals surface area contributed by atoms with Crippen LogP contribution in [0, 0.1) is 5.95 Å². The van der Waals surface area contributed by atoms with Crippen LogP contribution in [0.15, 0.2) is 48.9 Å². The SMILES string of the molecule is CCOc1ccc(-c2cncc(C(=O)NOCc3cc(OC)cnc3F)n2)cc1. The number of rotatable bonds is 8. The fourth-order valence-corrected chi connectivity index (χ4v) is 2.42. The molecule has 0 aliphatic heterocycles. The van der Waals surface area contributed by atoms with E-state index in [0.29, 0.717) is 18.1 Å². The molecule has 29 heavy (non-hydrogen) atoms. The van der Waals surface area contributed by atoms with Gasteiger partial charge in [0.2, 0.25) is 5.95 Å². The molecule has 0 fully saturated rings. The Morgan fingerprint density at radius 3 is 2.66 bits per heavy atom. The molecule has 1 aromatic carbocycles. The highest BCUT2D eigenvalue weighted by atomic mass is 19.1. The molecular formula is C20H19FN4O4. The molecule has 0 saturated carbocycles. The van der Waals surface area contributed by atoms with Crippen molar-refractivity contribution in [3.63, 3.8) is 0 Å². The van der Waals surface area contributed by atoms with Crippen molar-refractivity contribution in [2.75, 3.05) is 13.7 Å². The van der Waals surface area contributed by atoms with Gasteiger partial charge in [-0.25, -0.2) is 15.4 Å². The van der Waals surface area contributed by atoms with Crippen LogP contribution >= 0.6 is 0 Å². The van der Waals surface area contributed by atoms with Gasteiger partial charge in [0.25, 0.3) is 5.91 Å². The van der Waals surface area contributed by atoms with Crippen LogP contribution in [0.3, 0.4) is 0 Å². The van der Waals surface area contributed by atoms with Gasteiger partial charge in [-0.05, 0) is 37.3 Å². The summed E-state index contributed by atoms with van der Waals surface area (Å²) < 4.78 is 24.1. The number of ether oxygens (including phenoxy) is 2. The number of carbonyl (C=O) groups excluding carboxylic acids is 1. The first-order chi connectivity index (χ1) is 14.1. The Bertz CT molecular complexity index is 982. The van der Waals surface area contributed by atoms with E-state index in [4.69, 9.17) is 14.3 Å². The van der Waals surface area contributed by atoms with Crippen LogP contribution in [-0.2, 0) is 11.4 Å². The van der Waals surface area contributed by atoms with Gasteiger partial charge in [-0.1, -0.05) is 0 Å². The Labute approximate surface area is 166 Å². The van der Waals surface area contributed by atoms with E-state index < -0.39 is 11.9 Å². The Kier molecular flexibility index (Phi) is 6.64. The van der Waals surface area contributed by atoms with Crippen LogP contribution < -0.4 is 15.0 Å². The van der Waals surface area contributed by atoms with E-state index in [-0.39, 0.29) is 17.9 Å². The van der Waals surface area contributed by atoms with Gasteiger partial charge in [-0.15, -0.1) is 0 Å². The Morgan fingerprint density at radius 2 is 1.93 bits per heavy atom. The first-order valence-electron chi connectivity index (χ1n) is 8.76. The number of hydrogen-bond donors (Lipinski definition) is 1. The van der Waals surface area contributed by atoms with Crippen LogP contribution in [0.2, 0.25) is 0 Å². The highest BCUT2D eigenvalue weighted by molar-refractivity contribution is 5.91. The van der Waals surface area contributed by atoms with E-state index in [1.165, 1.54) is 25.6 Å². The summed E-state index contributed by atoms with van der Waals surface area (Å²) in [4.78, 5) is 29.2. The number of carbonyl (C=O) groups is 1. The van der Waals surface area contributed by atoms with Crippen molar-refractivity contribution in [3.05, 3.63) is 66.1 Å². The van der Waals surface area contributed by atoms with Gasteiger partial charge in [0, 0.05) is 11.1 Å². The number of pyridine rings is 1. The van der Waals surface area contributed by atoms with Crippen molar-refractivity contribution in [2.45, 2.75) is 13.5 Å². The normalized spacial score (nSPS) is 10.4. The van der Waals surface area contributed by atoms with Crippen molar-refractivity contribution in [3.8, 4) is 22.8 Å².